The van der Waals surface area contributed by atoms with Gasteiger partial charge in [-0.05, 0) is 30.6 Å². The van der Waals surface area contributed by atoms with E-state index in [1.807, 2.05) is 13.8 Å². The van der Waals surface area contributed by atoms with Crippen LogP contribution in [0.2, 0.25) is 0 Å². The number of hydrogen-bond acceptors (Lipinski definition) is 2. The molecular formula is C16H30N2O3. The summed E-state index contributed by atoms with van der Waals surface area (Å²) in [5, 5.41) is 14.6. The normalized spacial score (nSPS) is 23.6. The van der Waals surface area contributed by atoms with Crippen LogP contribution in [0.3, 0.4) is 0 Å². The molecule has 0 bridgehead atoms. The van der Waals surface area contributed by atoms with Gasteiger partial charge < -0.3 is 15.7 Å². The Kier molecular flexibility index (Phi) is 7.54. The molecule has 0 aromatic heterocycles. The lowest BCUT2D eigenvalue weighted by atomic mass is 9.81. The fraction of sp³-hybridized carbons (Fsp3) is 0.875. The lowest BCUT2D eigenvalue weighted by Gasteiger charge is -2.28. The van der Waals surface area contributed by atoms with Gasteiger partial charge >= 0.3 is 12.0 Å². The van der Waals surface area contributed by atoms with Crippen LogP contribution in [0.15, 0.2) is 0 Å². The highest BCUT2D eigenvalue weighted by Crippen LogP contribution is 2.29. The molecule has 5 nitrogen and oxygen atoms in total. The van der Waals surface area contributed by atoms with Gasteiger partial charge in [-0.15, -0.1) is 0 Å². The number of carboxylic acids is 1. The topological polar surface area (TPSA) is 78.4 Å². The van der Waals surface area contributed by atoms with Crippen molar-refractivity contribution in [1.82, 2.24) is 10.6 Å². The van der Waals surface area contributed by atoms with Gasteiger partial charge in [0.25, 0.3) is 0 Å². The molecule has 1 aliphatic rings. The first kappa shape index (κ1) is 17.8. The minimum atomic E-state index is -0.858. The first-order valence-electron chi connectivity index (χ1n) is 8.18. The number of carboxylic acid groups (broad SMARTS) is 1. The number of carbonyl (C=O) groups excluding carboxylic acids is 1. The molecular weight excluding hydrogens is 268 g/mol. The quantitative estimate of drug-likeness (QED) is 0.676. The van der Waals surface area contributed by atoms with Crippen LogP contribution in [0.5, 0.6) is 0 Å². The molecule has 1 fully saturated rings. The summed E-state index contributed by atoms with van der Waals surface area (Å²) in [7, 11) is 0. The van der Waals surface area contributed by atoms with Gasteiger partial charge in [-0.3, -0.25) is 4.79 Å². The summed E-state index contributed by atoms with van der Waals surface area (Å²) in [6, 6.07) is -0.250. The van der Waals surface area contributed by atoms with Crippen molar-refractivity contribution in [1.29, 1.82) is 0 Å². The molecule has 3 N–H and O–H groups in total. The summed E-state index contributed by atoms with van der Waals surface area (Å²) in [6.45, 7) is 6.82. The zero-order chi connectivity index (χ0) is 15.8. The Morgan fingerprint density at radius 3 is 2.14 bits per heavy atom. The summed E-state index contributed by atoms with van der Waals surface area (Å²) in [5.74, 6) is 0.0439. The standard InChI is InChI=1S/C16H30N2O3/c1-4-12-5-7-13(8-6-12)9-17-16(21)18-10-14(11(2)3)15(19)20/h11-14H,4-10H2,1-3H3,(H,19,20)(H2,17,18,21). The van der Waals surface area contributed by atoms with Crippen LogP contribution in [-0.4, -0.2) is 30.2 Å². The third-order valence-electron chi connectivity index (χ3n) is 4.70. The van der Waals surface area contributed by atoms with Gasteiger partial charge in [-0.1, -0.05) is 40.0 Å². The zero-order valence-electron chi connectivity index (χ0n) is 13.5. The number of amides is 2. The Labute approximate surface area is 127 Å². The van der Waals surface area contributed by atoms with Crippen molar-refractivity contribution >= 4 is 12.0 Å². The number of carbonyl (C=O) groups is 2. The largest absolute Gasteiger partial charge is 0.481 e. The molecule has 2 amide bonds. The smallest absolute Gasteiger partial charge is 0.314 e. The summed E-state index contributed by atoms with van der Waals surface area (Å²) >= 11 is 0. The summed E-state index contributed by atoms with van der Waals surface area (Å²) in [6.07, 6.45) is 6.15. The van der Waals surface area contributed by atoms with E-state index in [2.05, 4.69) is 17.6 Å². The molecule has 1 saturated carbocycles. The molecule has 5 heteroatoms. The van der Waals surface area contributed by atoms with Crippen molar-refractivity contribution in [2.75, 3.05) is 13.1 Å². The van der Waals surface area contributed by atoms with E-state index in [4.69, 9.17) is 5.11 Å². The van der Waals surface area contributed by atoms with Gasteiger partial charge in [0.15, 0.2) is 0 Å². The van der Waals surface area contributed by atoms with Gasteiger partial charge in [0.2, 0.25) is 0 Å². The molecule has 0 heterocycles. The Balaban J connectivity index is 2.21. The number of aliphatic carboxylic acids is 1. The van der Waals surface area contributed by atoms with E-state index in [1.165, 1.54) is 32.1 Å². The van der Waals surface area contributed by atoms with Gasteiger partial charge in [0, 0.05) is 13.1 Å². The molecule has 1 unspecified atom stereocenters. The molecule has 0 spiro atoms. The van der Waals surface area contributed by atoms with E-state index in [1.54, 1.807) is 0 Å². The molecule has 0 aromatic rings. The van der Waals surface area contributed by atoms with Crippen molar-refractivity contribution in [2.45, 2.75) is 52.9 Å². The molecule has 0 radical (unpaired) electrons. The minimum absolute atomic E-state index is 0.00659. The predicted octanol–water partition coefficient (Wildman–Crippen LogP) is 2.86. The van der Waals surface area contributed by atoms with Crippen LogP contribution in [0.1, 0.15) is 52.9 Å². The molecule has 0 aliphatic heterocycles. The van der Waals surface area contributed by atoms with Crippen molar-refractivity contribution in [2.24, 2.45) is 23.7 Å². The molecule has 0 saturated heterocycles. The van der Waals surface area contributed by atoms with E-state index in [-0.39, 0.29) is 18.5 Å². The van der Waals surface area contributed by atoms with E-state index in [0.29, 0.717) is 12.5 Å². The maximum atomic E-state index is 11.7. The highest BCUT2D eigenvalue weighted by Gasteiger charge is 2.23. The monoisotopic (exact) mass is 298 g/mol. The second-order valence-corrected chi connectivity index (χ2v) is 6.57. The maximum absolute atomic E-state index is 11.7. The summed E-state index contributed by atoms with van der Waals surface area (Å²) in [5.41, 5.74) is 0. The van der Waals surface area contributed by atoms with E-state index in [0.717, 1.165) is 5.92 Å². The molecule has 1 rings (SSSR count). The van der Waals surface area contributed by atoms with Crippen molar-refractivity contribution < 1.29 is 14.7 Å². The highest BCUT2D eigenvalue weighted by molar-refractivity contribution is 5.75. The molecule has 1 atom stereocenters. The average Bonchev–Trinajstić information content (AvgIpc) is 2.45. The Hall–Kier alpha value is -1.26. The number of rotatable bonds is 7. The maximum Gasteiger partial charge on any atom is 0.314 e. The molecule has 1 aliphatic carbocycles. The Morgan fingerprint density at radius 2 is 1.67 bits per heavy atom. The fourth-order valence-electron chi connectivity index (χ4n) is 2.95. The van der Waals surface area contributed by atoms with Gasteiger partial charge in [-0.25, -0.2) is 4.79 Å². The van der Waals surface area contributed by atoms with Crippen molar-refractivity contribution in [3.8, 4) is 0 Å². The number of nitrogens with one attached hydrogen (secondary N) is 2. The lowest BCUT2D eigenvalue weighted by molar-refractivity contribution is -0.142. The third kappa shape index (κ3) is 6.36. The Bertz CT molecular complexity index is 336. The fourth-order valence-corrected chi connectivity index (χ4v) is 2.95. The first-order valence-corrected chi connectivity index (χ1v) is 8.18. The number of hydrogen-bond donors (Lipinski definition) is 3. The second kappa shape index (κ2) is 8.90. The van der Waals surface area contributed by atoms with Crippen molar-refractivity contribution in [3.63, 3.8) is 0 Å². The highest BCUT2D eigenvalue weighted by atomic mass is 16.4. The van der Waals surface area contributed by atoms with Gasteiger partial charge in [-0.2, -0.15) is 0 Å². The van der Waals surface area contributed by atoms with Crippen LogP contribution in [-0.2, 0) is 4.79 Å². The summed E-state index contributed by atoms with van der Waals surface area (Å²) < 4.78 is 0. The molecule has 0 aromatic carbocycles. The van der Waals surface area contributed by atoms with Gasteiger partial charge in [0.05, 0.1) is 5.92 Å². The second-order valence-electron chi connectivity index (χ2n) is 6.57. The minimum Gasteiger partial charge on any atom is -0.481 e. The van der Waals surface area contributed by atoms with E-state index in [9.17, 15) is 9.59 Å². The third-order valence-corrected chi connectivity index (χ3v) is 4.70. The van der Waals surface area contributed by atoms with E-state index < -0.39 is 11.9 Å². The van der Waals surface area contributed by atoms with Gasteiger partial charge in [0.1, 0.15) is 0 Å². The lowest BCUT2D eigenvalue weighted by Crippen LogP contribution is -2.43. The zero-order valence-corrected chi connectivity index (χ0v) is 13.5. The van der Waals surface area contributed by atoms with Crippen LogP contribution < -0.4 is 10.6 Å². The number of urea groups is 1. The predicted molar refractivity (Wildman–Crippen MR) is 83.1 cm³/mol. The summed E-state index contributed by atoms with van der Waals surface area (Å²) in [4.78, 5) is 22.8. The van der Waals surface area contributed by atoms with Crippen LogP contribution in [0.25, 0.3) is 0 Å². The SMILES string of the molecule is CCC1CCC(CNC(=O)NCC(C(=O)O)C(C)C)CC1. The van der Waals surface area contributed by atoms with Crippen LogP contribution in [0, 0.1) is 23.7 Å². The van der Waals surface area contributed by atoms with Crippen LogP contribution in [0.4, 0.5) is 4.79 Å². The van der Waals surface area contributed by atoms with Crippen molar-refractivity contribution in [3.05, 3.63) is 0 Å². The van der Waals surface area contributed by atoms with Crippen LogP contribution >= 0.6 is 0 Å². The average molecular weight is 298 g/mol. The molecule has 21 heavy (non-hydrogen) atoms. The Morgan fingerprint density at radius 1 is 1.10 bits per heavy atom. The molecule has 122 valence electrons. The van der Waals surface area contributed by atoms with E-state index >= 15 is 0 Å². The first-order chi connectivity index (χ1) is 9.93.